The van der Waals surface area contributed by atoms with Gasteiger partial charge in [0, 0.05) is 13.1 Å². The van der Waals surface area contributed by atoms with Gasteiger partial charge in [0.25, 0.3) is 0 Å². The molecule has 3 N–H and O–H groups in total. The number of hydrogen-bond acceptors (Lipinski definition) is 2. The van der Waals surface area contributed by atoms with Gasteiger partial charge < -0.3 is 11.1 Å². The molecule has 0 unspecified atom stereocenters. The molecule has 0 heterocycles. The van der Waals surface area contributed by atoms with Crippen molar-refractivity contribution in [2.75, 3.05) is 6.54 Å². The summed E-state index contributed by atoms with van der Waals surface area (Å²) in [6, 6.07) is 8.45. The summed E-state index contributed by atoms with van der Waals surface area (Å²) in [4.78, 5) is 0. The lowest BCUT2D eigenvalue weighted by atomic mass is 10.1. The smallest absolute Gasteiger partial charge is 0.0205 e. The number of hydrogen-bond donors (Lipinski definition) is 2. The summed E-state index contributed by atoms with van der Waals surface area (Å²) >= 11 is 0. The Bertz CT molecular complexity index is 282. The van der Waals surface area contributed by atoms with E-state index in [-0.39, 0.29) is 0 Å². The Balaban J connectivity index is 2.30. The molecule has 0 radical (unpaired) electrons. The van der Waals surface area contributed by atoms with E-state index in [0.717, 1.165) is 19.0 Å². The molecule has 0 aliphatic rings. The van der Waals surface area contributed by atoms with E-state index in [1.165, 1.54) is 17.5 Å². The fraction of sp³-hybridized carbons (Fsp3) is 0.538. The molecular weight excluding hydrogens is 184 g/mol. The molecule has 0 aromatic heterocycles. The zero-order valence-electron chi connectivity index (χ0n) is 9.79. The molecule has 0 fully saturated rings. The SMILES string of the molecule is CC(C)CCNCc1cccc(CN)c1. The van der Waals surface area contributed by atoms with Crippen molar-refractivity contribution in [3.8, 4) is 0 Å². The van der Waals surface area contributed by atoms with Crippen LogP contribution in [0.15, 0.2) is 24.3 Å². The molecule has 84 valence electrons. The van der Waals surface area contributed by atoms with Crippen molar-refractivity contribution >= 4 is 0 Å². The van der Waals surface area contributed by atoms with Gasteiger partial charge in [0.2, 0.25) is 0 Å². The Morgan fingerprint density at radius 2 is 2.00 bits per heavy atom. The first-order chi connectivity index (χ1) is 7.22. The Labute approximate surface area is 92.9 Å². The number of nitrogens with two attached hydrogens (primary N) is 1. The van der Waals surface area contributed by atoms with Gasteiger partial charge in [-0.2, -0.15) is 0 Å². The molecule has 0 atom stereocenters. The molecule has 2 heteroatoms. The Morgan fingerprint density at radius 1 is 1.27 bits per heavy atom. The van der Waals surface area contributed by atoms with E-state index in [1.54, 1.807) is 0 Å². The van der Waals surface area contributed by atoms with Crippen molar-refractivity contribution in [3.05, 3.63) is 35.4 Å². The fourth-order valence-corrected chi connectivity index (χ4v) is 1.49. The van der Waals surface area contributed by atoms with Crippen LogP contribution in [0, 0.1) is 5.92 Å². The average molecular weight is 206 g/mol. The van der Waals surface area contributed by atoms with Crippen LogP contribution in [0.1, 0.15) is 31.4 Å². The molecule has 0 saturated carbocycles. The van der Waals surface area contributed by atoms with Gasteiger partial charge in [-0.25, -0.2) is 0 Å². The molecule has 0 aliphatic carbocycles. The van der Waals surface area contributed by atoms with Crippen molar-refractivity contribution in [2.45, 2.75) is 33.4 Å². The summed E-state index contributed by atoms with van der Waals surface area (Å²) in [5, 5.41) is 3.44. The van der Waals surface area contributed by atoms with Gasteiger partial charge in [0.1, 0.15) is 0 Å². The molecule has 1 aromatic carbocycles. The largest absolute Gasteiger partial charge is 0.326 e. The summed E-state index contributed by atoms with van der Waals surface area (Å²) in [5.74, 6) is 0.771. The highest BCUT2D eigenvalue weighted by molar-refractivity contribution is 5.23. The highest BCUT2D eigenvalue weighted by Crippen LogP contribution is 2.04. The van der Waals surface area contributed by atoms with Crippen molar-refractivity contribution in [3.63, 3.8) is 0 Å². The second kappa shape index (κ2) is 6.59. The topological polar surface area (TPSA) is 38.0 Å². The Morgan fingerprint density at radius 3 is 2.67 bits per heavy atom. The van der Waals surface area contributed by atoms with E-state index in [1.807, 2.05) is 0 Å². The van der Waals surface area contributed by atoms with Crippen LogP contribution in [0.25, 0.3) is 0 Å². The Hall–Kier alpha value is -0.860. The molecule has 0 bridgehead atoms. The predicted molar refractivity (Wildman–Crippen MR) is 65.5 cm³/mol. The molecule has 1 rings (SSSR count). The first kappa shape index (κ1) is 12.2. The molecule has 0 aliphatic heterocycles. The standard InChI is InChI=1S/C13H22N2/c1-11(2)6-7-15-10-13-5-3-4-12(8-13)9-14/h3-5,8,11,15H,6-7,9-10,14H2,1-2H3. The minimum absolute atomic E-state index is 0.625. The monoisotopic (exact) mass is 206 g/mol. The van der Waals surface area contributed by atoms with Crippen molar-refractivity contribution in [1.82, 2.24) is 5.32 Å². The van der Waals surface area contributed by atoms with Crippen LogP contribution in [0.4, 0.5) is 0 Å². The fourth-order valence-electron chi connectivity index (χ4n) is 1.49. The van der Waals surface area contributed by atoms with Crippen LogP contribution in [0.5, 0.6) is 0 Å². The minimum atomic E-state index is 0.625. The third-order valence-electron chi connectivity index (χ3n) is 2.45. The maximum atomic E-state index is 5.59. The lowest BCUT2D eigenvalue weighted by molar-refractivity contribution is 0.537. The zero-order chi connectivity index (χ0) is 11.1. The molecule has 0 saturated heterocycles. The maximum Gasteiger partial charge on any atom is 0.0205 e. The number of nitrogens with one attached hydrogen (secondary N) is 1. The van der Waals surface area contributed by atoms with E-state index in [4.69, 9.17) is 5.73 Å². The molecule has 0 spiro atoms. The summed E-state index contributed by atoms with van der Waals surface area (Å²) in [5.41, 5.74) is 8.12. The van der Waals surface area contributed by atoms with E-state index >= 15 is 0 Å². The van der Waals surface area contributed by atoms with E-state index in [9.17, 15) is 0 Å². The van der Waals surface area contributed by atoms with Crippen molar-refractivity contribution in [1.29, 1.82) is 0 Å². The van der Waals surface area contributed by atoms with Crippen LogP contribution in [0.2, 0.25) is 0 Å². The third kappa shape index (κ3) is 4.96. The van der Waals surface area contributed by atoms with Gasteiger partial charge in [0.15, 0.2) is 0 Å². The second-order valence-corrected chi connectivity index (χ2v) is 4.38. The van der Waals surface area contributed by atoms with Gasteiger partial charge in [-0.05, 0) is 30.0 Å². The Kier molecular flexibility index (Phi) is 5.37. The quantitative estimate of drug-likeness (QED) is 0.701. The summed E-state index contributed by atoms with van der Waals surface area (Å²) < 4.78 is 0. The van der Waals surface area contributed by atoms with Crippen molar-refractivity contribution < 1.29 is 0 Å². The van der Waals surface area contributed by atoms with Crippen LogP contribution in [-0.2, 0) is 13.1 Å². The van der Waals surface area contributed by atoms with Gasteiger partial charge in [-0.3, -0.25) is 0 Å². The molecule has 0 amide bonds. The minimum Gasteiger partial charge on any atom is -0.326 e. The highest BCUT2D eigenvalue weighted by atomic mass is 14.8. The van der Waals surface area contributed by atoms with Gasteiger partial charge in [-0.1, -0.05) is 38.1 Å². The zero-order valence-corrected chi connectivity index (χ0v) is 9.79. The van der Waals surface area contributed by atoms with E-state index in [2.05, 4.69) is 43.4 Å². The van der Waals surface area contributed by atoms with Gasteiger partial charge in [-0.15, -0.1) is 0 Å². The molecule has 2 nitrogen and oxygen atoms in total. The average Bonchev–Trinajstić information content (AvgIpc) is 2.24. The molecular formula is C13H22N2. The van der Waals surface area contributed by atoms with E-state index < -0.39 is 0 Å². The third-order valence-corrected chi connectivity index (χ3v) is 2.45. The normalized spacial score (nSPS) is 10.9. The van der Waals surface area contributed by atoms with E-state index in [0.29, 0.717) is 6.54 Å². The summed E-state index contributed by atoms with van der Waals surface area (Å²) in [6.07, 6.45) is 1.23. The van der Waals surface area contributed by atoms with Gasteiger partial charge >= 0.3 is 0 Å². The first-order valence-corrected chi connectivity index (χ1v) is 5.71. The predicted octanol–water partition coefficient (Wildman–Crippen LogP) is 2.28. The summed E-state index contributed by atoms with van der Waals surface area (Å²) in [6.45, 7) is 7.15. The second-order valence-electron chi connectivity index (χ2n) is 4.38. The highest BCUT2D eigenvalue weighted by Gasteiger charge is 1.96. The lowest BCUT2D eigenvalue weighted by Gasteiger charge is -2.07. The van der Waals surface area contributed by atoms with Gasteiger partial charge in [0.05, 0.1) is 0 Å². The van der Waals surface area contributed by atoms with Crippen LogP contribution in [-0.4, -0.2) is 6.54 Å². The van der Waals surface area contributed by atoms with Crippen LogP contribution >= 0.6 is 0 Å². The maximum absolute atomic E-state index is 5.59. The summed E-state index contributed by atoms with van der Waals surface area (Å²) in [7, 11) is 0. The molecule has 1 aromatic rings. The molecule has 15 heavy (non-hydrogen) atoms. The number of rotatable bonds is 6. The van der Waals surface area contributed by atoms with Crippen LogP contribution < -0.4 is 11.1 Å². The lowest BCUT2D eigenvalue weighted by Crippen LogP contribution is -2.16. The van der Waals surface area contributed by atoms with Crippen molar-refractivity contribution in [2.24, 2.45) is 11.7 Å². The van der Waals surface area contributed by atoms with Crippen LogP contribution in [0.3, 0.4) is 0 Å². The first-order valence-electron chi connectivity index (χ1n) is 5.71. The number of benzene rings is 1.